The van der Waals surface area contributed by atoms with Crippen LogP contribution >= 0.6 is 0 Å². The average Bonchev–Trinajstić information content (AvgIpc) is 2.40. The molecule has 0 N–H and O–H groups in total. The zero-order valence-electron chi connectivity index (χ0n) is 11.7. The summed E-state index contributed by atoms with van der Waals surface area (Å²) in [5.41, 5.74) is 1.28. The lowest BCUT2D eigenvalue weighted by molar-refractivity contribution is 0.322. The number of halogens is 1. The molecule has 0 amide bonds. The second-order valence-corrected chi connectivity index (χ2v) is 4.85. The maximum atomic E-state index is 13.8. The van der Waals surface area contributed by atoms with Crippen LogP contribution in [-0.2, 0) is 6.42 Å². The van der Waals surface area contributed by atoms with Crippen molar-refractivity contribution in [1.29, 1.82) is 0 Å². The summed E-state index contributed by atoms with van der Waals surface area (Å²) < 4.78 is 19.1. The third-order valence-electron chi connectivity index (χ3n) is 3.32. The van der Waals surface area contributed by atoms with E-state index in [-0.39, 0.29) is 5.82 Å². The normalized spacial score (nSPS) is 10.9. The Balaban J connectivity index is 2.25. The number of hydrogen-bond donors (Lipinski definition) is 0. The standard InChI is InChI=1S/C17H21FO/c1-3-5-6-7-13-8-9-14-12-17(19-4-2)16(18)11-15(14)10-13/h8-12H,3-7H2,1-2H3. The van der Waals surface area contributed by atoms with E-state index in [0.29, 0.717) is 12.4 Å². The molecular formula is C17H21FO. The van der Waals surface area contributed by atoms with Gasteiger partial charge in [-0.25, -0.2) is 4.39 Å². The Hall–Kier alpha value is -1.57. The van der Waals surface area contributed by atoms with Gasteiger partial charge in [0.05, 0.1) is 6.61 Å². The van der Waals surface area contributed by atoms with E-state index in [1.807, 2.05) is 6.92 Å². The number of rotatable bonds is 6. The first-order chi connectivity index (χ1) is 9.24. The molecule has 0 heterocycles. The molecule has 2 aromatic carbocycles. The molecule has 0 aliphatic rings. The Morgan fingerprint density at radius 1 is 1.00 bits per heavy atom. The molecule has 2 rings (SSSR count). The second kappa shape index (κ2) is 6.55. The first-order valence-electron chi connectivity index (χ1n) is 7.09. The summed E-state index contributed by atoms with van der Waals surface area (Å²) in [7, 11) is 0. The maximum Gasteiger partial charge on any atom is 0.165 e. The van der Waals surface area contributed by atoms with Crippen molar-refractivity contribution in [2.24, 2.45) is 0 Å². The summed E-state index contributed by atoms with van der Waals surface area (Å²) in [6, 6.07) is 9.63. The molecule has 102 valence electrons. The van der Waals surface area contributed by atoms with Crippen LogP contribution in [0.25, 0.3) is 10.8 Å². The van der Waals surface area contributed by atoms with Crippen molar-refractivity contribution in [2.75, 3.05) is 6.61 Å². The van der Waals surface area contributed by atoms with Gasteiger partial charge >= 0.3 is 0 Å². The molecule has 0 aliphatic carbocycles. The van der Waals surface area contributed by atoms with E-state index in [0.717, 1.165) is 17.2 Å². The molecule has 0 saturated carbocycles. The van der Waals surface area contributed by atoms with E-state index in [1.54, 1.807) is 12.1 Å². The van der Waals surface area contributed by atoms with Crippen LogP contribution in [-0.4, -0.2) is 6.61 Å². The van der Waals surface area contributed by atoms with Gasteiger partial charge in [0.2, 0.25) is 0 Å². The highest BCUT2D eigenvalue weighted by Gasteiger charge is 2.06. The molecule has 0 aromatic heterocycles. The van der Waals surface area contributed by atoms with Crippen molar-refractivity contribution < 1.29 is 9.13 Å². The SMILES string of the molecule is CCCCCc1ccc2cc(OCC)c(F)cc2c1. The van der Waals surface area contributed by atoms with E-state index in [2.05, 4.69) is 25.1 Å². The van der Waals surface area contributed by atoms with E-state index < -0.39 is 0 Å². The van der Waals surface area contributed by atoms with Crippen LogP contribution in [0.1, 0.15) is 38.7 Å². The minimum atomic E-state index is -0.278. The number of unbranched alkanes of at least 4 members (excludes halogenated alkanes) is 2. The van der Waals surface area contributed by atoms with E-state index in [9.17, 15) is 4.39 Å². The third kappa shape index (κ3) is 3.46. The van der Waals surface area contributed by atoms with Crippen LogP contribution in [0.15, 0.2) is 30.3 Å². The van der Waals surface area contributed by atoms with Crippen molar-refractivity contribution in [2.45, 2.75) is 39.5 Å². The van der Waals surface area contributed by atoms with Gasteiger partial charge in [-0.3, -0.25) is 0 Å². The minimum Gasteiger partial charge on any atom is -0.491 e. The topological polar surface area (TPSA) is 9.23 Å². The number of benzene rings is 2. The fourth-order valence-electron chi connectivity index (χ4n) is 2.30. The predicted octanol–water partition coefficient (Wildman–Crippen LogP) is 5.11. The zero-order valence-corrected chi connectivity index (χ0v) is 11.7. The Morgan fingerprint density at radius 3 is 2.58 bits per heavy atom. The molecule has 0 bridgehead atoms. The largest absolute Gasteiger partial charge is 0.491 e. The molecular weight excluding hydrogens is 239 g/mol. The first kappa shape index (κ1) is 13.9. The molecule has 0 atom stereocenters. The number of fused-ring (bicyclic) bond motifs is 1. The van der Waals surface area contributed by atoms with Crippen molar-refractivity contribution in [3.8, 4) is 5.75 Å². The molecule has 0 saturated heterocycles. The van der Waals surface area contributed by atoms with E-state index in [1.165, 1.54) is 24.8 Å². The van der Waals surface area contributed by atoms with Crippen molar-refractivity contribution >= 4 is 10.8 Å². The molecule has 2 heteroatoms. The quantitative estimate of drug-likeness (QED) is 0.656. The Bertz CT molecular complexity index is 548. The maximum absolute atomic E-state index is 13.8. The highest BCUT2D eigenvalue weighted by Crippen LogP contribution is 2.26. The lowest BCUT2D eigenvalue weighted by Gasteiger charge is -2.08. The number of hydrogen-bond acceptors (Lipinski definition) is 1. The first-order valence-corrected chi connectivity index (χ1v) is 7.09. The second-order valence-electron chi connectivity index (χ2n) is 4.85. The van der Waals surface area contributed by atoms with Crippen LogP contribution in [0, 0.1) is 5.82 Å². The molecule has 2 aromatic rings. The van der Waals surface area contributed by atoms with Crippen molar-refractivity contribution in [3.63, 3.8) is 0 Å². The van der Waals surface area contributed by atoms with Crippen LogP contribution < -0.4 is 4.74 Å². The van der Waals surface area contributed by atoms with Crippen LogP contribution in [0.4, 0.5) is 4.39 Å². The molecule has 0 aliphatic heterocycles. The molecule has 0 radical (unpaired) electrons. The molecule has 0 unspecified atom stereocenters. The van der Waals surface area contributed by atoms with Gasteiger partial charge in [-0.2, -0.15) is 0 Å². The van der Waals surface area contributed by atoms with Crippen LogP contribution in [0.2, 0.25) is 0 Å². The van der Waals surface area contributed by atoms with Gasteiger partial charge in [0.1, 0.15) is 0 Å². The van der Waals surface area contributed by atoms with Gasteiger partial charge in [-0.1, -0.05) is 38.0 Å². The summed E-state index contributed by atoms with van der Waals surface area (Å²) in [5, 5.41) is 1.99. The molecule has 19 heavy (non-hydrogen) atoms. The van der Waals surface area contributed by atoms with Gasteiger partial charge in [0.25, 0.3) is 0 Å². The summed E-state index contributed by atoms with van der Waals surface area (Å²) >= 11 is 0. The lowest BCUT2D eigenvalue weighted by atomic mass is 10.0. The van der Waals surface area contributed by atoms with Crippen LogP contribution in [0.3, 0.4) is 0 Å². The highest BCUT2D eigenvalue weighted by atomic mass is 19.1. The van der Waals surface area contributed by atoms with Gasteiger partial charge in [-0.15, -0.1) is 0 Å². The van der Waals surface area contributed by atoms with Gasteiger partial charge in [-0.05, 0) is 48.2 Å². The smallest absolute Gasteiger partial charge is 0.165 e. The fraction of sp³-hybridized carbons (Fsp3) is 0.412. The van der Waals surface area contributed by atoms with E-state index >= 15 is 0 Å². The predicted molar refractivity (Wildman–Crippen MR) is 78.3 cm³/mol. The van der Waals surface area contributed by atoms with Crippen LogP contribution in [0.5, 0.6) is 5.75 Å². The number of aryl methyl sites for hydroxylation is 1. The summed E-state index contributed by atoms with van der Waals surface area (Å²) in [6.45, 7) is 4.54. The summed E-state index contributed by atoms with van der Waals surface area (Å²) in [6.07, 6.45) is 4.73. The van der Waals surface area contributed by atoms with Crippen molar-refractivity contribution in [1.82, 2.24) is 0 Å². The van der Waals surface area contributed by atoms with Crippen molar-refractivity contribution in [3.05, 3.63) is 41.7 Å². The summed E-state index contributed by atoms with van der Waals surface area (Å²) in [4.78, 5) is 0. The molecule has 1 nitrogen and oxygen atoms in total. The Morgan fingerprint density at radius 2 is 1.84 bits per heavy atom. The third-order valence-corrected chi connectivity index (χ3v) is 3.32. The monoisotopic (exact) mass is 260 g/mol. The Kier molecular flexibility index (Phi) is 4.78. The summed E-state index contributed by atoms with van der Waals surface area (Å²) in [5.74, 6) is 0.0637. The highest BCUT2D eigenvalue weighted by molar-refractivity contribution is 5.84. The number of ether oxygens (including phenoxy) is 1. The van der Waals surface area contributed by atoms with E-state index in [4.69, 9.17) is 4.74 Å². The molecule has 0 fully saturated rings. The molecule has 0 spiro atoms. The van der Waals surface area contributed by atoms with Gasteiger partial charge in [0, 0.05) is 0 Å². The minimum absolute atomic E-state index is 0.278. The Labute approximate surface area is 114 Å². The zero-order chi connectivity index (χ0) is 13.7. The van der Waals surface area contributed by atoms with Gasteiger partial charge in [0.15, 0.2) is 11.6 Å². The fourth-order valence-corrected chi connectivity index (χ4v) is 2.30. The van der Waals surface area contributed by atoms with Gasteiger partial charge < -0.3 is 4.74 Å². The average molecular weight is 260 g/mol. The lowest BCUT2D eigenvalue weighted by Crippen LogP contribution is -1.95.